The van der Waals surface area contributed by atoms with Gasteiger partial charge in [0.1, 0.15) is 0 Å². The van der Waals surface area contributed by atoms with Crippen molar-refractivity contribution < 1.29 is 14.3 Å². The van der Waals surface area contributed by atoms with Crippen LogP contribution in [0.15, 0.2) is 42.5 Å². The van der Waals surface area contributed by atoms with Crippen molar-refractivity contribution in [3.8, 4) is 0 Å². The minimum Gasteiger partial charge on any atom is -0.465 e. The molecule has 1 aliphatic rings. The van der Waals surface area contributed by atoms with Gasteiger partial charge in [-0.05, 0) is 37.1 Å². The number of benzene rings is 1. The lowest BCUT2D eigenvalue weighted by atomic mass is 10.1. The Morgan fingerprint density at radius 2 is 2.10 bits per heavy atom. The summed E-state index contributed by atoms with van der Waals surface area (Å²) >= 11 is 0. The summed E-state index contributed by atoms with van der Waals surface area (Å²) in [5.74, 6) is -0.404. The fourth-order valence-electron chi connectivity index (χ4n) is 2.21. The smallest absolute Gasteiger partial charge is 0.337 e. The number of carbonyl (C=O) groups excluding carboxylic acids is 2. The van der Waals surface area contributed by atoms with Crippen molar-refractivity contribution in [1.29, 1.82) is 0 Å². The Kier molecular flexibility index (Phi) is 4.35. The molecule has 1 aliphatic heterocycles. The standard InChI is InChI=1S/C16H17NO3/c1-3-4-5-6-15(18)17-10-9-12-11-13(16(19)20-2)7-8-14(12)17/h3-8,11H,9-10H2,1-2H3/b4-3+,6-5+. The zero-order valence-corrected chi connectivity index (χ0v) is 11.6. The number of carbonyl (C=O) groups is 2. The third kappa shape index (κ3) is 2.79. The normalized spacial score (nSPS) is 14.0. The molecule has 4 heteroatoms. The van der Waals surface area contributed by atoms with E-state index in [1.54, 1.807) is 35.3 Å². The second-order valence-corrected chi connectivity index (χ2v) is 4.46. The van der Waals surface area contributed by atoms with E-state index < -0.39 is 0 Å². The van der Waals surface area contributed by atoms with Crippen molar-refractivity contribution in [3.63, 3.8) is 0 Å². The number of nitrogens with zero attached hydrogens (tertiary/aromatic N) is 1. The Morgan fingerprint density at radius 1 is 1.30 bits per heavy atom. The molecule has 0 aliphatic carbocycles. The second-order valence-electron chi connectivity index (χ2n) is 4.46. The number of ether oxygens (including phenoxy) is 1. The predicted octanol–water partition coefficient (Wildman–Crippen LogP) is 2.49. The Hall–Kier alpha value is -2.36. The summed E-state index contributed by atoms with van der Waals surface area (Å²) in [7, 11) is 1.36. The molecule has 0 spiro atoms. The van der Waals surface area contributed by atoms with Crippen molar-refractivity contribution in [2.45, 2.75) is 13.3 Å². The zero-order chi connectivity index (χ0) is 14.5. The molecule has 0 saturated carbocycles. The molecule has 0 unspecified atom stereocenters. The zero-order valence-electron chi connectivity index (χ0n) is 11.6. The quantitative estimate of drug-likeness (QED) is 0.482. The molecule has 20 heavy (non-hydrogen) atoms. The maximum Gasteiger partial charge on any atom is 0.337 e. The van der Waals surface area contributed by atoms with E-state index in [0.717, 1.165) is 17.7 Å². The number of hydrogen-bond donors (Lipinski definition) is 0. The maximum absolute atomic E-state index is 12.1. The minimum atomic E-state index is -0.356. The summed E-state index contributed by atoms with van der Waals surface area (Å²) in [6, 6.07) is 5.28. The molecule has 0 fully saturated rings. The van der Waals surface area contributed by atoms with Gasteiger partial charge in [0.25, 0.3) is 5.91 Å². The van der Waals surface area contributed by atoms with E-state index in [4.69, 9.17) is 4.74 Å². The summed E-state index contributed by atoms with van der Waals surface area (Å²) in [5, 5.41) is 0. The molecule has 1 aromatic rings. The molecule has 0 atom stereocenters. The highest BCUT2D eigenvalue weighted by molar-refractivity contribution is 6.03. The molecular formula is C16H17NO3. The molecule has 1 amide bonds. The van der Waals surface area contributed by atoms with Crippen LogP contribution in [0.5, 0.6) is 0 Å². The van der Waals surface area contributed by atoms with Crippen LogP contribution < -0.4 is 4.90 Å². The molecule has 0 aromatic heterocycles. The average Bonchev–Trinajstić information content (AvgIpc) is 2.89. The second kappa shape index (κ2) is 6.19. The van der Waals surface area contributed by atoms with Gasteiger partial charge >= 0.3 is 5.97 Å². The fourth-order valence-corrected chi connectivity index (χ4v) is 2.21. The van der Waals surface area contributed by atoms with Gasteiger partial charge in [-0.25, -0.2) is 4.79 Å². The number of methoxy groups -OCH3 is 1. The van der Waals surface area contributed by atoms with Crippen LogP contribution in [0.4, 0.5) is 5.69 Å². The van der Waals surface area contributed by atoms with Gasteiger partial charge in [-0.2, -0.15) is 0 Å². The van der Waals surface area contributed by atoms with Crippen LogP contribution in [-0.4, -0.2) is 25.5 Å². The van der Waals surface area contributed by atoms with Crippen molar-refractivity contribution in [3.05, 3.63) is 53.6 Å². The van der Waals surface area contributed by atoms with E-state index in [0.29, 0.717) is 12.1 Å². The monoisotopic (exact) mass is 271 g/mol. The lowest BCUT2D eigenvalue weighted by molar-refractivity contribution is -0.114. The van der Waals surface area contributed by atoms with Crippen LogP contribution in [-0.2, 0) is 16.0 Å². The molecule has 0 saturated heterocycles. The van der Waals surface area contributed by atoms with E-state index in [-0.39, 0.29) is 11.9 Å². The first-order chi connectivity index (χ1) is 9.67. The third-order valence-electron chi connectivity index (χ3n) is 3.20. The van der Waals surface area contributed by atoms with Crippen LogP contribution in [0.2, 0.25) is 0 Å². The minimum absolute atomic E-state index is 0.0485. The summed E-state index contributed by atoms with van der Waals surface area (Å²) in [6.07, 6.45) is 7.70. The van der Waals surface area contributed by atoms with Crippen LogP contribution in [0.1, 0.15) is 22.8 Å². The number of anilines is 1. The number of rotatable bonds is 3. The number of hydrogen-bond acceptors (Lipinski definition) is 3. The first-order valence-corrected chi connectivity index (χ1v) is 6.49. The van der Waals surface area contributed by atoms with Crippen molar-refractivity contribution in [2.24, 2.45) is 0 Å². The van der Waals surface area contributed by atoms with E-state index in [1.807, 2.05) is 19.1 Å². The van der Waals surface area contributed by atoms with E-state index >= 15 is 0 Å². The van der Waals surface area contributed by atoms with Gasteiger partial charge in [-0.3, -0.25) is 4.79 Å². The average molecular weight is 271 g/mol. The van der Waals surface area contributed by atoms with Gasteiger partial charge in [-0.1, -0.05) is 18.2 Å². The van der Waals surface area contributed by atoms with Gasteiger partial charge in [0, 0.05) is 18.3 Å². The molecule has 104 valence electrons. The maximum atomic E-state index is 12.1. The summed E-state index contributed by atoms with van der Waals surface area (Å²) in [6.45, 7) is 2.54. The molecule has 0 bridgehead atoms. The largest absolute Gasteiger partial charge is 0.465 e. The van der Waals surface area contributed by atoms with Gasteiger partial charge in [0.2, 0.25) is 0 Å². The van der Waals surface area contributed by atoms with E-state index in [1.165, 1.54) is 7.11 Å². The van der Waals surface area contributed by atoms with Crippen LogP contribution in [0.3, 0.4) is 0 Å². The Labute approximate surface area is 118 Å². The van der Waals surface area contributed by atoms with E-state index in [9.17, 15) is 9.59 Å². The van der Waals surface area contributed by atoms with Gasteiger partial charge in [0.05, 0.1) is 12.7 Å². The first kappa shape index (κ1) is 14.1. The highest BCUT2D eigenvalue weighted by Crippen LogP contribution is 2.29. The number of fused-ring (bicyclic) bond motifs is 1. The molecular weight excluding hydrogens is 254 g/mol. The van der Waals surface area contributed by atoms with Crippen LogP contribution >= 0.6 is 0 Å². The molecule has 4 nitrogen and oxygen atoms in total. The lowest BCUT2D eigenvalue weighted by Crippen LogP contribution is -2.26. The lowest BCUT2D eigenvalue weighted by Gasteiger charge is -2.15. The summed E-state index contributed by atoms with van der Waals surface area (Å²) in [4.78, 5) is 25.3. The number of esters is 1. The predicted molar refractivity (Wildman–Crippen MR) is 77.8 cm³/mol. The third-order valence-corrected chi connectivity index (χ3v) is 3.20. The topological polar surface area (TPSA) is 46.6 Å². The van der Waals surface area contributed by atoms with Gasteiger partial charge in [-0.15, -0.1) is 0 Å². The Morgan fingerprint density at radius 3 is 2.80 bits per heavy atom. The molecule has 0 N–H and O–H groups in total. The first-order valence-electron chi connectivity index (χ1n) is 6.49. The molecule has 0 radical (unpaired) electrons. The number of allylic oxidation sites excluding steroid dienone is 3. The highest BCUT2D eigenvalue weighted by Gasteiger charge is 2.24. The highest BCUT2D eigenvalue weighted by atomic mass is 16.5. The summed E-state index contributed by atoms with van der Waals surface area (Å²) < 4.78 is 4.70. The van der Waals surface area contributed by atoms with Crippen molar-refractivity contribution >= 4 is 17.6 Å². The number of amides is 1. The van der Waals surface area contributed by atoms with Crippen molar-refractivity contribution in [1.82, 2.24) is 0 Å². The Bertz CT molecular complexity index is 587. The SMILES string of the molecule is C/C=C/C=C/C(=O)N1CCc2cc(C(=O)OC)ccc21. The molecule has 2 rings (SSSR count). The van der Waals surface area contributed by atoms with Crippen LogP contribution in [0, 0.1) is 0 Å². The van der Waals surface area contributed by atoms with Crippen LogP contribution in [0.25, 0.3) is 0 Å². The van der Waals surface area contributed by atoms with Crippen molar-refractivity contribution in [2.75, 3.05) is 18.6 Å². The Balaban J connectivity index is 2.21. The fraction of sp³-hybridized carbons (Fsp3) is 0.250. The van der Waals surface area contributed by atoms with E-state index in [2.05, 4.69) is 0 Å². The van der Waals surface area contributed by atoms with Gasteiger partial charge in [0.15, 0.2) is 0 Å². The van der Waals surface area contributed by atoms with Gasteiger partial charge < -0.3 is 9.64 Å². The molecule has 1 heterocycles. The molecule has 1 aromatic carbocycles. The summed E-state index contributed by atoms with van der Waals surface area (Å²) in [5.41, 5.74) is 2.39.